The lowest BCUT2D eigenvalue weighted by Gasteiger charge is -2.16. The molecular formula is C24H20N4O2. The first-order valence-corrected chi connectivity index (χ1v) is 9.91. The Hall–Kier alpha value is -3.93. The van der Waals surface area contributed by atoms with Gasteiger partial charge < -0.3 is 15.1 Å². The molecule has 30 heavy (non-hydrogen) atoms. The summed E-state index contributed by atoms with van der Waals surface area (Å²) >= 11 is 0. The number of urea groups is 1. The fraction of sp³-hybridized carbons (Fsp3) is 0.125. The van der Waals surface area contributed by atoms with Crippen molar-refractivity contribution in [2.75, 3.05) is 5.32 Å². The van der Waals surface area contributed by atoms with Crippen LogP contribution in [0.5, 0.6) is 0 Å². The van der Waals surface area contributed by atoms with Crippen molar-refractivity contribution >= 4 is 11.7 Å². The van der Waals surface area contributed by atoms with Crippen molar-refractivity contribution in [1.29, 1.82) is 0 Å². The average Bonchev–Trinajstić information content (AvgIpc) is 3.38. The number of aryl methyl sites for hydroxylation is 1. The molecule has 1 aliphatic carbocycles. The second-order valence-electron chi connectivity index (χ2n) is 7.14. The minimum Gasteiger partial charge on any atom is -0.421 e. The number of carbonyl (C=O) groups is 1. The summed E-state index contributed by atoms with van der Waals surface area (Å²) in [5.74, 6) is 1.02. The van der Waals surface area contributed by atoms with E-state index in [2.05, 4.69) is 45.1 Å². The zero-order chi connectivity index (χ0) is 20.5. The maximum Gasteiger partial charge on any atom is 0.319 e. The molecular weight excluding hydrogens is 376 g/mol. The fourth-order valence-corrected chi connectivity index (χ4v) is 3.85. The summed E-state index contributed by atoms with van der Waals surface area (Å²) in [5.41, 5.74) is 5.92. The van der Waals surface area contributed by atoms with Crippen LogP contribution in [0.25, 0.3) is 22.6 Å². The van der Waals surface area contributed by atoms with Crippen molar-refractivity contribution in [1.82, 2.24) is 15.5 Å². The van der Waals surface area contributed by atoms with Crippen molar-refractivity contribution in [3.63, 3.8) is 0 Å². The van der Waals surface area contributed by atoms with E-state index in [9.17, 15) is 4.79 Å². The minimum absolute atomic E-state index is 0.191. The zero-order valence-corrected chi connectivity index (χ0v) is 16.4. The number of anilines is 1. The summed E-state index contributed by atoms with van der Waals surface area (Å²) in [6, 6.07) is 23.2. The predicted octanol–water partition coefficient (Wildman–Crippen LogP) is 5.19. The molecule has 0 spiro atoms. The van der Waals surface area contributed by atoms with Crippen LogP contribution >= 0.6 is 0 Å². The number of aromatic nitrogens is 2. The predicted molar refractivity (Wildman–Crippen MR) is 115 cm³/mol. The lowest BCUT2D eigenvalue weighted by molar-refractivity contribution is 0.250. The second kappa shape index (κ2) is 7.48. The molecule has 0 radical (unpaired) electrons. The second-order valence-corrected chi connectivity index (χ2v) is 7.14. The molecule has 148 valence electrons. The van der Waals surface area contributed by atoms with Gasteiger partial charge in [0.1, 0.15) is 0 Å². The van der Waals surface area contributed by atoms with Gasteiger partial charge in [0.25, 0.3) is 0 Å². The van der Waals surface area contributed by atoms with Gasteiger partial charge in [0.15, 0.2) is 0 Å². The summed E-state index contributed by atoms with van der Waals surface area (Å²) in [5, 5.41) is 14.1. The molecule has 2 amide bonds. The highest BCUT2D eigenvalue weighted by Crippen LogP contribution is 2.43. The van der Waals surface area contributed by atoms with E-state index in [4.69, 9.17) is 4.42 Å². The van der Waals surface area contributed by atoms with Crippen LogP contribution in [0.1, 0.15) is 30.0 Å². The number of carbonyl (C=O) groups excluding carboxylic acids is 1. The van der Waals surface area contributed by atoms with Crippen LogP contribution in [0.15, 0.2) is 77.2 Å². The summed E-state index contributed by atoms with van der Waals surface area (Å²) in [4.78, 5) is 12.8. The standard InChI is InChI=1S/C24H20N4O2/c1-2-21-27-28-23(30-21)15-8-7-9-16(14-15)25-24(29)26-22-19-12-5-3-10-17(19)18-11-4-6-13-20(18)22/h3-14,22H,2H2,1H3,(H2,25,26,29). The topological polar surface area (TPSA) is 80.0 Å². The average molecular weight is 396 g/mol. The molecule has 0 bridgehead atoms. The van der Waals surface area contributed by atoms with Crippen LogP contribution in [0, 0.1) is 0 Å². The van der Waals surface area contributed by atoms with Gasteiger partial charge in [-0.05, 0) is 40.5 Å². The maximum absolute atomic E-state index is 12.8. The molecule has 1 heterocycles. The van der Waals surface area contributed by atoms with Crippen LogP contribution in [0.2, 0.25) is 0 Å². The van der Waals surface area contributed by atoms with Crippen LogP contribution in [0.3, 0.4) is 0 Å². The van der Waals surface area contributed by atoms with Gasteiger partial charge in [0, 0.05) is 17.7 Å². The van der Waals surface area contributed by atoms with Gasteiger partial charge in [-0.3, -0.25) is 0 Å². The molecule has 0 fully saturated rings. The van der Waals surface area contributed by atoms with Crippen LogP contribution in [-0.4, -0.2) is 16.2 Å². The molecule has 4 aromatic rings. The van der Waals surface area contributed by atoms with E-state index in [-0.39, 0.29) is 12.1 Å². The van der Waals surface area contributed by atoms with Crippen molar-refractivity contribution in [3.8, 4) is 22.6 Å². The number of hydrogen-bond donors (Lipinski definition) is 2. The minimum atomic E-state index is -0.275. The number of nitrogens with one attached hydrogen (secondary N) is 2. The highest BCUT2D eigenvalue weighted by molar-refractivity contribution is 5.92. The van der Waals surface area contributed by atoms with E-state index in [1.807, 2.05) is 55.5 Å². The van der Waals surface area contributed by atoms with E-state index in [0.29, 0.717) is 23.9 Å². The smallest absolute Gasteiger partial charge is 0.319 e. The zero-order valence-electron chi connectivity index (χ0n) is 16.4. The molecule has 0 atom stereocenters. The molecule has 0 saturated heterocycles. The van der Waals surface area contributed by atoms with Gasteiger partial charge >= 0.3 is 6.03 Å². The third-order valence-corrected chi connectivity index (χ3v) is 5.25. The molecule has 5 rings (SSSR count). The molecule has 2 N–H and O–H groups in total. The third-order valence-electron chi connectivity index (χ3n) is 5.25. The lowest BCUT2D eigenvalue weighted by Crippen LogP contribution is -2.32. The first-order chi connectivity index (χ1) is 14.7. The van der Waals surface area contributed by atoms with E-state index >= 15 is 0 Å². The van der Waals surface area contributed by atoms with Gasteiger partial charge in [0.2, 0.25) is 11.8 Å². The van der Waals surface area contributed by atoms with Crippen molar-refractivity contribution in [2.45, 2.75) is 19.4 Å². The number of hydrogen-bond acceptors (Lipinski definition) is 4. The van der Waals surface area contributed by atoms with Gasteiger partial charge in [-0.1, -0.05) is 61.5 Å². The van der Waals surface area contributed by atoms with Gasteiger partial charge in [-0.25, -0.2) is 4.79 Å². The Kier molecular flexibility index (Phi) is 4.52. The van der Waals surface area contributed by atoms with E-state index < -0.39 is 0 Å². The molecule has 6 heteroatoms. The monoisotopic (exact) mass is 396 g/mol. The van der Waals surface area contributed by atoms with Gasteiger partial charge in [0.05, 0.1) is 6.04 Å². The SMILES string of the molecule is CCc1nnc(-c2cccc(NC(=O)NC3c4ccccc4-c4ccccc43)c2)o1. The summed E-state index contributed by atoms with van der Waals surface area (Å²) in [7, 11) is 0. The van der Waals surface area contributed by atoms with Crippen LogP contribution in [0.4, 0.5) is 10.5 Å². The number of benzene rings is 3. The normalized spacial score (nSPS) is 12.3. The lowest BCUT2D eigenvalue weighted by atomic mass is 10.1. The maximum atomic E-state index is 12.8. The van der Waals surface area contributed by atoms with E-state index in [0.717, 1.165) is 27.8 Å². The number of nitrogens with zero attached hydrogens (tertiary/aromatic N) is 2. The van der Waals surface area contributed by atoms with Crippen molar-refractivity contribution in [3.05, 3.63) is 89.8 Å². The number of rotatable bonds is 4. The van der Waals surface area contributed by atoms with Crippen LogP contribution in [-0.2, 0) is 6.42 Å². The van der Waals surface area contributed by atoms with Crippen LogP contribution < -0.4 is 10.6 Å². The molecule has 0 saturated carbocycles. The highest BCUT2D eigenvalue weighted by atomic mass is 16.4. The van der Waals surface area contributed by atoms with Crippen molar-refractivity contribution < 1.29 is 9.21 Å². The first-order valence-electron chi connectivity index (χ1n) is 9.91. The van der Waals surface area contributed by atoms with E-state index in [1.165, 1.54) is 0 Å². The van der Waals surface area contributed by atoms with Gasteiger partial charge in [-0.2, -0.15) is 0 Å². The summed E-state index contributed by atoms with van der Waals surface area (Å²) in [6.45, 7) is 1.96. The Labute approximate surface area is 174 Å². The molecule has 0 unspecified atom stereocenters. The summed E-state index contributed by atoms with van der Waals surface area (Å²) in [6.07, 6.45) is 0.678. The molecule has 1 aromatic heterocycles. The van der Waals surface area contributed by atoms with Gasteiger partial charge in [-0.15, -0.1) is 10.2 Å². The largest absolute Gasteiger partial charge is 0.421 e. The Bertz CT molecular complexity index is 1190. The molecule has 0 aliphatic heterocycles. The molecule has 3 aromatic carbocycles. The first kappa shape index (κ1) is 18.1. The third kappa shape index (κ3) is 3.22. The summed E-state index contributed by atoms with van der Waals surface area (Å²) < 4.78 is 5.61. The van der Waals surface area contributed by atoms with E-state index in [1.54, 1.807) is 0 Å². The van der Waals surface area contributed by atoms with Crippen molar-refractivity contribution in [2.24, 2.45) is 0 Å². The highest BCUT2D eigenvalue weighted by Gasteiger charge is 2.29. The Morgan fingerprint density at radius 2 is 1.63 bits per heavy atom. The Morgan fingerprint density at radius 3 is 2.30 bits per heavy atom. The quantitative estimate of drug-likeness (QED) is 0.497. The molecule has 1 aliphatic rings. The fourth-order valence-electron chi connectivity index (χ4n) is 3.85. The Balaban J connectivity index is 1.36. The number of fused-ring (bicyclic) bond motifs is 3. The number of amides is 2. The Morgan fingerprint density at radius 1 is 0.933 bits per heavy atom. The molecule has 6 nitrogen and oxygen atoms in total.